The Morgan fingerprint density at radius 3 is 2.46 bits per heavy atom. The molecule has 2 aromatic carbocycles. The maximum atomic E-state index is 13.0. The van der Waals surface area contributed by atoms with Crippen molar-refractivity contribution in [2.24, 2.45) is 0 Å². The van der Waals surface area contributed by atoms with Gasteiger partial charge in [-0.15, -0.1) is 0 Å². The van der Waals surface area contributed by atoms with Crippen LogP contribution in [0.25, 0.3) is 0 Å². The van der Waals surface area contributed by atoms with Crippen LogP contribution in [-0.2, 0) is 16.6 Å². The van der Waals surface area contributed by atoms with Gasteiger partial charge in [0.15, 0.2) is 0 Å². The summed E-state index contributed by atoms with van der Waals surface area (Å²) in [5, 5.41) is 0.721. The highest BCUT2D eigenvalue weighted by Crippen LogP contribution is 2.19. The van der Waals surface area contributed by atoms with Crippen LogP contribution in [0, 0.1) is 6.92 Å². The second-order valence-electron chi connectivity index (χ2n) is 6.88. The zero-order chi connectivity index (χ0) is 20.3. The number of carbonyl (C=O) groups excluding carboxylic acids is 1. The lowest BCUT2D eigenvalue weighted by molar-refractivity contribution is 0.0627. The first-order valence-electron chi connectivity index (χ1n) is 9.10. The van der Waals surface area contributed by atoms with Gasteiger partial charge in [-0.3, -0.25) is 9.69 Å². The van der Waals surface area contributed by atoms with Crippen molar-refractivity contribution in [3.8, 4) is 0 Å². The van der Waals surface area contributed by atoms with Crippen molar-refractivity contribution in [3.63, 3.8) is 0 Å². The molecule has 1 fully saturated rings. The molecule has 0 unspecified atom stereocenters. The third-order valence-electron chi connectivity index (χ3n) is 4.97. The number of halogens is 1. The minimum atomic E-state index is -3.59. The van der Waals surface area contributed by atoms with Crippen LogP contribution in [-0.4, -0.2) is 57.4 Å². The first kappa shape index (κ1) is 20.8. The van der Waals surface area contributed by atoms with Gasteiger partial charge < -0.3 is 4.90 Å². The van der Waals surface area contributed by atoms with E-state index < -0.39 is 10.0 Å². The maximum absolute atomic E-state index is 13.0. The Kier molecular flexibility index (Phi) is 6.40. The number of sulfonamides is 1. The number of rotatable bonds is 5. The fourth-order valence-electron chi connectivity index (χ4n) is 3.29. The summed E-state index contributed by atoms with van der Waals surface area (Å²) in [5.41, 5.74) is 2.34. The monoisotopic (exact) mass is 421 g/mol. The quantitative estimate of drug-likeness (QED) is 0.805. The summed E-state index contributed by atoms with van der Waals surface area (Å²) in [6.45, 7) is 5.32. The van der Waals surface area contributed by atoms with Gasteiger partial charge in [-0.25, -0.2) is 13.1 Å². The van der Waals surface area contributed by atoms with Crippen LogP contribution < -0.4 is 4.72 Å². The van der Waals surface area contributed by atoms with Crippen LogP contribution in [0.3, 0.4) is 0 Å². The molecule has 0 atom stereocenters. The molecule has 0 aliphatic carbocycles. The van der Waals surface area contributed by atoms with Crippen molar-refractivity contribution >= 4 is 27.5 Å². The maximum Gasteiger partial charge on any atom is 0.254 e. The van der Waals surface area contributed by atoms with Gasteiger partial charge in [-0.1, -0.05) is 29.8 Å². The molecule has 1 aliphatic heterocycles. The molecule has 1 heterocycles. The van der Waals surface area contributed by atoms with Gasteiger partial charge in [0.05, 0.1) is 4.90 Å². The Morgan fingerprint density at radius 1 is 1.11 bits per heavy atom. The van der Waals surface area contributed by atoms with Crippen LogP contribution in [0.15, 0.2) is 47.4 Å². The van der Waals surface area contributed by atoms with E-state index in [0.717, 1.165) is 35.8 Å². The topological polar surface area (TPSA) is 69.7 Å². The highest BCUT2D eigenvalue weighted by Gasteiger charge is 2.24. The number of aryl methyl sites for hydroxylation is 1. The van der Waals surface area contributed by atoms with Gasteiger partial charge in [0.25, 0.3) is 5.91 Å². The van der Waals surface area contributed by atoms with E-state index in [1.165, 1.54) is 19.2 Å². The van der Waals surface area contributed by atoms with E-state index >= 15 is 0 Å². The Balaban J connectivity index is 1.68. The first-order valence-corrected chi connectivity index (χ1v) is 11.0. The van der Waals surface area contributed by atoms with E-state index in [2.05, 4.69) is 9.62 Å². The summed E-state index contributed by atoms with van der Waals surface area (Å²) in [4.78, 5) is 17.1. The van der Waals surface area contributed by atoms with Gasteiger partial charge in [0, 0.05) is 43.3 Å². The molecule has 0 spiro atoms. The van der Waals surface area contributed by atoms with Gasteiger partial charge in [0.1, 0.15) is 0 Å². The van der Waals surface area contributed by atoms with Crippen molar-refractivity contribution in [1.82, 2.24) is 14.5 Å². The average molecular weight is 422 g/mol. The van der Waals surface area contributed by atoms with Crippen LogP contribution in [0.2, 0.25) is 5.02 Å². The third kappa shape index (κ3) is 4.72. The van der Waals surface area contributed by atoms with E-state index in [1.54, 1.807) is 11.0 Å². The Morgan fingerprint density at radius 2 is 1.82 bits per heavy atom. The van der Waals surface area contributed by atoms with Crippen LogP contribution in [0.5, 0.6) is 0 Å². The second-order valence-corrected chi connectivity index (χ2v) is 9.21. The first-order chi connectivity index (χ1) is 13.3. The van der Waals surface area contributed by atoms with E-state index in [4.69, 9.17) is 11.6 Å². The highest BCUT2D eigenvalue weighted by atomic mass is 35.5. The van der Waals surface area contributed by atoms with Gasteiger partial charge >= 0.3 is 0 Å². The number of hydrogen-bond donors (Lipinski definition) is 1. The molecule has 6 nitrogen and oxygen atoms in total. The number of nitrogens with one attached hydrogen (secondary N) is 1. The summed E-state index contributed by atoms with van der Waals surface area (Å²) in [6.07, 6.45) is 0. The molecule has 1 aliphatic rings. The minimum Gasteiger partial charge on any atom is -0.336 e. The zero-order valence-electron chi connectivity index (χ0n) is 16.0. The molecule has 8 heteroatoms. The smallest absolute Gasteiger partial charge is 0.254 e. The average Bonchev–Trinajstić information content (AvgIpc) is 2.68. The number of hydrogen-bond acceptors (Lipinski definition) is 4. The van der Waals surface area contributed by atoms with Gasteiger partial charge in [0.2, 0.25) is 10.0 Å². The Hall–Kier alpha value is -1.93. The fraction of sp³-hybridized carbons (Fsp3) is 0.350. The molecule has 3 rings (SSSR count). The summed E-state index contributed by atoms with van der Waals surface area (Å²) in [5.74, 6) is -0.131. The molecule has 28 heavy (non-hydrogen) atoms. The van der Waals surface area contributed by atoms with Crippen LogP contribution >= 0.6 is 11.6 Å². The lowest BCUT2D eigenvalue weighted by atomic mass is 10.1. The fourth-order valence-corrected chi connectivity index (χ4v) is 4.26. The van der Waals surface area contributed by atoms with Gasteiger partial charge in [-0.05, 0) is 49.4 Å². The lowest BCUT2D eigenvalue weighted by Crippen LogP contribution is -2.48. The van der Waals surface area contributed by atoms with Crippen molar-refractivity contribution in [2.45, 2.75) is 18.4 Å². The largest absolute Gasteiger partial charge is 0.336 e. The normalized spacial score (nSPS) is 15.6. The van der Waals surface area contributed by atoms with Gasteiger partial charge in [-0.2, -0.15) is 0 Å². The van der Waals surface area contributed by atoms with Crippen LogP contribution in [0.1, 0.15) is 21.5 Å². The predicted molar refractivity (Wildman–Crippen MR) is 110 cm³/mol. The zero-order valence-corrected chi connectivity index (χ0v) is 17.6. The highest BCUT2D eigenvalue weighted by molar-refractivity contribution is 7.89. The molecule has 2 aromatic rings. The van der Waals surface area contributed by atoms with E-state index in [0.29, 0.717) is 18.7 Å². The van der Waals surface area contributed by atoms with E-state index in [9.17, 15) is 13.2 Å². The number of nitrogens with zero attached hydrogens (tertiary/aromatic N) is 2. The molecule has 0 bridgehead atoms. The lowest BCUT2D eigenvalue weighted by Gasteiger charge is -2.35. The minimum absolute atomic E-state index is 0.101. The standard InChI is InChI=1S/C20H24ClN3O3S/c1-15-6-7-18(28(26,27)22-2)13-19(15)20(25)24-10-8-23(9-11-24)14-16-4-3-5-17(21)12-16/h3-7,12-13,22H,8-11,14H2,1-2H3. The SMILES string of the molecule is CNS(=O)(=O)c1ccc(C)c(C(=O)N2CCN(Cc3cccc(Cl)c3)CC2)c1. The summed E-state index contributed by atoms with van der Waals surface area (Å²) >= 11 is 6.05. The molecule has 0 radical (unpaired) electrons. The molecule has 150 valence electrons. The summed E-state index contributed by atoms with van der Waals surface area (Å²) < 4.78 is 26.4. The number of carbonyl (C=O) groups is 1. The third-order valence-corrected chi connectivity index (χ3v) is 6.62. The Bertz CT molecular complexity index is 970. The van der Waals surface area contributed by atoms with E-state index in [-0.39, 0.29) is 10.8 Å². The van der Waals surface area contributed by atoms with Crippen molar-refractivity contribution in [1.29, 1.82) is 0 Å². The number of amides is 1. The molecule has 0 aromatic heterocycles. The second kappa shape index (κ2) is 8.61. The van der Waals surface area contributed by atoms with Crippen molar-refractivity contribution in [2.75, 3.05) is 33.2 Å². The number of benzene rings is 2. The molecule has 1 N–H and O–H groups in total. The molecule has 1 saturated heterocycles. The summed E-state index contributed by atoms with van der Waals surface area (Å²) in [7, 11) is -2.23. The number of piperazine rings is 1. The van der Waals surface area contributed by atoms with Crippen molar-refractivity contribution in [3.05, 3.63) is 64.2 Å². The summed E-state index contributed by atoms with van der Waals surface area (Å²) in [6, 6.07) is 12.4. The van der Waals surface area contributed by atoms with E-state index in [1.807, 2.05) is 31.2 Å². The molecular weight excluding hydrogens is 398 g/mol. The molecular formula is C20H24ClN3O3S. The Labute approximate surface area is 171 Å². The molecule has 0 saturated carbocycles. The molecule has 1 amide bonds. The predicted octanol–water partition coefficient (Wildman–Crippen LogP) is 2.51. The van der Waals surface area contributed by atoms with Crippen molar-refractivity contribution < 1.29 is 13.2 Å². The van der Waals surface area contributed by atoms with Crippen LogP contribution in [0.4, 0.5) is 0 Å².